The van der Waals surface area contributed by atoms with Gasteiger partial charge >= 0.3 is 0 Å². The maximum absolute atomic E-state index is 11.7. The van der Waals surface area contributed by atoms with E-state index in [4.69, 9.17) is 9.84 Å². The van der Waals surface area contributed by atoms with Crippen LogP contribution in [0.1, 0.15) is 48.9 Å². The van der Waals surface area contributed by atoms with E-state index >= 15 is 0 Å². The van der Waals surface area contributed by atoms with Crippen molar-refractivity contribution in [2.24, 2.45) is 11.0 Å². The number of hydrogen-bond acceptors (Lipinski definition) is 6. The van der Waals surface area contributed by atoms with Crippen molar-refractivity contribution in [3.8, 4) is 11.8 Å². The van der Waals surface area contributed by atoms with Crippen LogP contribution < -0.4 is 15.1 Å². The number of fused-ring (bicyclic) bond motifs is 1. The average Bonchev–Trinajstić information content (AvgIpc) is 3.43. The van der Waals surface area contributed by atoms with E-state index in [-0.39, 0.29) is 18.6 Å². The number of anilines is 2. The first-order valence-electron chi connectivity index (χ1n) is 10.4. The second-order valence-corrected chi connectivity index (χ2v) is 8.17. The molecule has 1 aromatic carbocycles. The van der Waals surface area contributed by atoms with Crippen molar-refractivity contribution in [3.63, 3.8) is 0 Å². The van der Waals surface area contributed by atoms with Gasteiger partial charge < -0.3 is 10.1 Å². The highest BCUT2D eigenvalue weighted by atomic mass is 16.5. The van der Waals surface area contributed by atoms with Gasteiger partial charge in [-0.3, -0.25) is 4.79 Å². The molecule has 1 fully saturated rings. The molecule has 0 spiro atoms. The molecular formula is C23H23N5O2. The maximum atomic E-state index is 11.7. The Morgan fingerprint density at radius 2 is 2.07 bits per heavy atom. The van der Waals surface area contributed by atoms with Gasteiger partial charge in [0.15, 0.2) is 6.61 Å². The molecule has 5 rings (SSSR count). The molecule has 1 saturated carbocycles. The monoisotopic (exact) mass is 401 g/mol. The first kappa shape index (κ1) is 18.6. The van der Waals surface area contributed by atoms with Crippen LogP contribution in [0.5, 0.6) is 5.75 Å². The number of pyridine rings is 1. The second kappa shape index (κ2) is 7.45. The van der Waals surface area contributed by atoms with Crippen LogP contribution in [0.3, 0.4) is 0 Å². The quantitative estimate of drug-likeness (QED) is 0.846. The van der Waals surface area contributed by atoms with Crippen LogP contribution in [0.15, 0.2) is 35.4 Å². The minimum absolute atomic E-state index is 0.0501. The van der Waals surface area contributed by atoms with Gasteiger partial charge in [-0.1, -0.05) is 12.8 Å². The third-order valence-electron chi connectivity index (χ3n) is 6.26. The molecule has 1 unspecified atom stereocenters. The van der Waals surface area contributed by atoms with Crippen LogP contribution in [0.4, 0.5) is 11.5 Å². The number of amides is 1. The maximum Gasteiger partial charge on any atom is 0.262 e. The zero-order chi connectivity index (χ0) is 20.7. The number of aryl methyl sites for hydroxylation is 1. The topological polar surface area (TPSA) is 90.6 Å². The van der Waals surface area contributed by atoms with Gasteiger partial charge in [0, 0.05) is 12.0 Å². The SMILES string of the molecule is Cc1nc(N2N=C(c3ccc4c(c3)NC(=O)CO4)CC2C2CCCC2)ccc1C#N. The van der Waals surface area contributed by atoms with E-state index in [9.17, 15) is 10.1 Å². The Morgan fingerprint density at radius 1 is 1.23 bits per heavy atom. The molecule has 7 heteroatoms. The van der Waals surface area contributed by atoms with E-state index in [0.717, 1.165) is 29.2 Å². The Morgan fingerprint density at radius 3 is 2.83 bits per heavy atom. The molecule has 0 saturated heterocycles. The molecule has 3 heterocycles. The third kappa shape index (κ3) is 3.28. The lowest BCUT2D eigenvalue weighted by Gasteiger charge is -2.27. The molecule has 1 aromatic heterocycles. The van der Waals surface area contributed by atoms with Crippen LogP contribution in [-0.2, 0) is 4.79 Å². The molecule has 2 aromatic rings. The number of benzene rings is 1. The summed E-state index contributed by atoms with van der Waals surface area (Å²) >= 11 is 0. The summed E-state index contributed by atoms with van der Waals surface area (Å²) in [6.45, 7) is 1.91. The predicted octanol–water partition coefficient (Wildman–Crippen LogP) is 3.77. The number of aromatic nitrogens is 1. The molecule has 0 bridgehead atoms. The van der Waals surface area contributed by atoms with Crippen LogP contribution in [0.25, 0.3) is 0 Å². The highest BCUT2D eigenvalue weighted by Gasteiger charge is 2.37. The van der Waals surface area contributed by atoms with Gasteiger partial charge in [-0.2, -0.15) is 10.4 Å². The van der Waals surface area contributed by atoms with Gasteiger partial charge in [0.05, 0.1) is 28.7 Å². The molecule has 3 aliphatic rings. The van der Waals surface area contributed by atoms with Crippen molar-refractivity contribution < 1.29 is 9.53 Å². The Hall–Kier alpha value is -3.40. The van der Waals surface area contributed by atoms with Gasteiger partial charge in [0.25, 0.3) is 5.91 Å². The number of carbonyl (C=O) groups is 1. The number of hydrazone groups is 1. The Labute approximate surface area is 175 Å². The van der Waals surface area contributed by atoms with Gasteiger partial charge in [-0.15, -0.1) is 0 Å². The first-order chi connectivity index (χ1) is 14.6. The van der Waals surface area contributed by atoms with Crippen molar-refractivity contribution in [1.82, 2.24) is 4.98 Å². The highest BCUT2D eigenvalue weighted by Crippen LogP contribution is 2.38. The van der Waals surface area contributed by atoms with Crippen LogP contribution >= 0.6 is 0 Å². The fourth-order valence-corrected chi connectivity index (χ4v) is 4.69. The fraction of sp³-hybridized carbons (Fsp3) is 0.391. The predicted molar refractivity (Wildman–Crippen MR) is 114 cm³/mol. The lowest BCUT2D eigenvalue weighted by Crippen LogP contribution is -2.33. The molecule has 1 N–H and O–H groups in total. The number of ether oxygens (including phenoxy) is 1. The summed E-state index contributed by atoms with van der Waals surface area (Å²) in [6, 6.07) is 12.0. The number of hydrogen-bond donors (Lipinski definition) is 1. The number of nitrogens with one attached hydrogen (secondary N) is 1. The largest absolute Gasteiger partial charge is 0.482 e. The summed E-state index contributed by atoms with van der Waals surface area (Å²) in [5.41, 5.74) is 3.96. The van der Waals surface area contributed by atoms with E-state index in [1.807, 2.05) is 42.3 Å². The summed E-state index contributed by atoms with van der Waals surface area (Å²) < 4.78 is 5.48. The van der Waals surface area contributed by atoms with Crippen molar-refractivity contribution in [3.05, 3.63) is 47.2 Å². The van der Waals surface area contributed by atoms with E-state index in [0.29, 0.717) is 22.9 Å². The highest BCUT2D eigenvalue weighted by molar-refractivity contribution is 6.05. The first-order valence-corrected chi connectivity index (χ1v) is 10.4. The summed E-state index contributed by atoms with van der Waals surface area (Å²) in [7, 11) is 0. The van der Waals surface area contributed by atoms with Gasteiger partial charge in [-0.05, 0) is 56.0 Å². The Balaban J connectivity index is 1.51. The zero-order valence-corrected chi connectivity index (χ0v) is 16.9. The normalized spacial score (nSPS) is 20.9. The molecule has 2 aliphatic heterocycles. The van der Waals surface area contributed by atoms with Gasteiger partial charge in [0.1, 0.15) is 17.6 Å². The average molecular weight is 401 g/mol. The Bertz CT molecular complexity index is 1080. The molecule has 0 radical (unpaired) electrons. The second-order valence-electron chi connectivity index (χ2n) is 8.17. The van der Waals surface area contributed by atoms with Gasteiger partial charge in [-0.25, -0.2) is 9.99 Å². The molecular weight excluding hydrogens is 378 g/mol. The van der Waals surface area contributed by atoms with Crippen molar-refractivity contribution in [2.45, 2.75) is 45.1 Å². The van der Waals surface area contributed by atoms with Crippen molar-refractivity contribution >= 4 is 23.1 Å². The summed E-state index contributed by atoms with van der Waals surface area (Å²) in [5.74, 6) is 1.90. The number of carbonyl (C=O) groups excluding carboxylic acids is 1. The zero-order valence-electron chi connectivity index (χ0n) is 16.9. The number of nitrogens with zero attached hydrogens (tertiary/aromatic N) is 4. The summed E-state index contributed by atoms with van der Waals surface area (Å²) in [5, 5.41) is 19.1. The van der Waals surface area contributed by atoms with Crippen molar-refractivity contribution in [2.75, 3.05) is 16.9 Å². The molecule has 30 heavy (non-hydrogen) atoms. The van der Waals surface area contributed by atoms with E-state index in [1.165, 1.54) is 25.7 Å². The smallest absolute Gasteiger partial charge is 0.262 e. The fourth-order valence-electron chi connectivity index (χ4n) is 4.69. The van der Waals surface area contributed by atoms with Crippen LogP contribution in [0.2, 0.25) is 0 Å². The summed E-state index contributed by atoms with van der Waals surface area (Å²) in [4.78, 5) is 16.4. The molecule has 1 atom stereocenters. The lowest BCUT2D eigenvalue weighted by molar-refractivity contribution is -0.118. The minimum atomic E-state index is -0.143. The van der Waals surface area contributed by atoms with E-state index < -0.39 is 0 Å². The lowest BCUT2D eigenvalue weighted by atomic mass is 9.92. The van der Waals surface area contributed by atoms with Gasteiger partial charge in [0.2, 0.25) is 0 Å². The van der Waals surface area contributed by atoms with E-state index in [2.05, 4.69) is 16.4 Å². The number of nitriles is 1. The van der Waals surface area contributed by atoms with E-state index in [1.54, 1.807) is 0 Å². The van der Waals surface area contributed by atoms with Crippen LogP contribution in [-0.4, -0.2) is 29.3 Å². The van der Waals surface area contributed by atoms with Crippen LogP contribution in [0, 0.1) is 24.2 Å². The molecule has 152 valence electrons. The molecule has 7 nitrogen and oxygen atoms in total. The standard InChI is InChI=1S/C23H23N5O2/c1-14-17(12-24)7-9-22(25-14)28-20(15-4-2-3-5-15)11-18(27-28)16-6-8-21-19(10-16)26-23(29)13-30-21/h6-10,15,20H,2-5,11,13H2,1H3,(H,26,29). The number of rotatable bonds is 3. The summed E-state index contributed by atoms with van der Waals surface area (Å²) in [6.07, 6.45) is 5.75. The molecule has 1 amide bonds. The molecule has 1 aliphatic carbocycles. The minimum Gasteiger partial charge on any atom is -0.482 e. The van der Waals surface area contributed by atoms with Crippen molar-refractivity contribution in [1.29, 1.82) is 5.26 Å². The Kier molecular flexibility index (Phi) is 4.62. The third-order valence-corrected chi connectivity index (χ3v) is 6.26.